The molecule has 3 aromatic rings. The molecule has 0 spiro atoms. The molecular weight excluding hydrogens is 588 g/mol. The van der Waals surface area contributed by atoms with E-state index in [-0.39, 0.29) is 35.4 Å². The number of ether oxygens (including phenoxy) is 1. The molecule has 4 rings (SSSR count). The summed E-state index contributed by atoms with van der Waals surface area (Å²) in [7, 11) is 0. The fourth-order valence-electron chi connectivity index (χ4n) is 5.04. The average molecular weight is 621 g/mol. The van der Waals surface area contributed by atoms with Crippen molar-refractivity contribution in [2.75, 3.05) is 19.7 Å². The molecule has 1 aliphatic rings. The standard InChI is InChI=1S/C32H33ClF4N2O2S/c33-31-24(13-7-14-28(31)32(35,36)37)19-39(15-8-16-41-25-17-29(34)27(21-40)30(18-25)42-38)20-26(22-9-3-1-4-10-22)23-11-5-2-6-12-23/h1,3-5,7,9-14,17-18,26,40H,2,6,8,15-16,19-21,38H2. The maximum absolute atomic E-state index is 14.4. The van der Waals surface area contributed by atoms with Gasteiger partial charge in [-0.1, -0.05) is 72.3 Å². The van der Waals surface area contributed by atoms with Gasteiger partial charge in [-0.05, 0) is 60.0 Å². The van der Waals surface area contributed by atoms with Crippen LogP contribution in [0.2, 0.25) is 5.02 Å². The highest BCUT2D eigenvalue weighted by Crippen LogP contribution is 2.37. The summed E-state index contributed by atoms with van der Waals surface area (Å²) in [6, 6.07) is 16.8. The van der Waals surface area contributed by atoms with E-state index in [1.807, 2.05) is 18.2 Å². The van der Waals surface area contributed by atoms with Crippen molar-refractivity contribution in [3.63, 3.8) is 0 Å². The Hall–Kier alpha value is -2.82. The number of aliphatic hydroxyl groups excluding tert-OH is 1. The predicted octanol–water partition coefficient (Wildman–Crippen LogP) is 8.29. The normalized spacial score (nSPS) is 14.2. The molecule has 0 saturated heterocycles. The van der Waals surface area contributed by atoms with Gasteiger partial charge in [0.05, 0.1) is 23.8 Å². The summed E-state index contributed by atoms with van der Waals surface area (Å²) in [4.78, 5) is 2.47. The Labute approximate surface area is 253 Å². The fraction of sp³-hybridized carbons (Fsp3) is 0.312. The molecule has 3 N–H and O–H groups in total. The number of rotatable bonds is 13. The number of allylic oxidation sites excluding steroid dienone is 3. The molecule has 1 atom stereocenters. The molecular formula is C32H33ClF4N2O2S. The molecule has 0 radical (unpaired) electrons. The van der Waals surface area contributed by atoms with Gasteiger partial charge in [-0.3, -0.25) is 10.0 Å². The molecule has 3 aromatic carbocycles. The molecule has 224 valence electrons. The van der Waals surface area contributed by atoms with E-state index >= 15 is 0 Å². The third kappa shape index (κ3) is 8.39. The number of halogens is 5. The molecule has 1 aliphatic carbocycles. The third-order valence-electron chi connectivity index (χ3n) is 7.15. The lowest BCUT2D eigenvalue weighted by atomic mass is 9.87. The van der Waals surface area contributed by atoms with Crippen LogP contribution in [0.5, 0.6) is 5.75 Å². The van der Waals surface area contributed by atoms with E-state index in [9.17, 15) is 22.7 Å². The monoisotopic (exact) mass is 620 g/mol. The van der Waals surface area contributed by atoms with Gasteiger partial charge in [0.2, 0.25) is 0 Å². The van der Waals surface area contributed by atoms with Crippen LogP contribution in [0.15, 0.2) is 89.4 Å². The van der Waals surface area contributed by atoms with Crippen LogP contribution in [0.1, 0.15) is 47.4 Å². The number of hydrogen-bond donors (Lipinski definition) is 2. The van der Waals surface area contributed by atoms with Crippen molar-refractivity contribution in [2.45, 2.75) is 49.4 Å². The van der Waals surface area contributed by atoms with Crippen LogP contribution >= 0.6 is 23.5 Å². The maximum Gasteiger partial charge on any atom is 0.417 e. The zero-order valence-corrected chi connectivity index (χ0v) is 24.5. The quantitative estimate of drug-likeness (QED) is 0.114. The van der Waals surface area contributed by atoms with Crippen molar-refractivity contribution in [3.8, 4) is 5.75 Å². The highest BCUT2D eigenvalue weighted by Gasteiger charge is 2.34. The van der Waals surface area contributed by atoms with Crippen molar-refractivity contribution in [1.29, 1.82) is 0 Å². The first-order valence-electron chi connectivity index (χ1n) is 13.6. The Morgan fingerprint density at radius 2 is 1.86 bits per heavy atom. The molecule has 0 aromatic heterocycles. The lowest BCUT2D eigenvalue weighted by molar-refractivity contribution is -0.137. The molecule has 42 heavy (non-hydrogen) atoms. The van der Waals surface area contributed by atoms with Gasteiger partial charge in [0.25, 0.3) is 0 Å². The number of hydrogen-bond acceptors (Lipinski definition) is 5. The minimum absolute atomic E-state index is 0.00231. The fourth-order valence-corrected chi connectivity index (χ4v) is 5.82. The summed E-state index contributed by atoms with van der Waals surface area (Å²) < 4.78 is 61.0. The van der Waals surface area contributed by atoms with Crippen LogP contribution < -0.4 is 9.88 Å². The smallest absolute Gasteiger partial charge is 0.417 e. The van der Waals surface area contributed by atoms with Crippen LogP contribution in [-0.2, 0) is 19.3 Å². The Kier molecular flexibility index (Phi) is 11.5. The molecule has 10 heteroatoms. The van der Waals surface area contributed by atoms with Crippen molar-refractivity contribution in [2.24, 2.45) is 5.14 Å². The van der Waals surface area contributed by atoms with Gasteiger partial charge >= 0.3 is 6.18 Å². The topological polar surface area (TPSA) is 58.7 Å². The number of alkyl halides is 3. The van der Waals surface area contributed by atoms with E-state index in [1.165, 1.54) is 12.1 Å². The zero-order chi connectivity index (χ0) is 30.1. The molecule has 0 amide bonds. The van der Waals surface area contributed by atoms with Gasteiger partial charge in [-0.2, -0.15) is 13.2 Å². The van der Waals surface area contributed by atoms with Crippen LogP contribution in [0.4, 0.5) is 17.6 Å². The predicted molar refractivity (Wildman–Crippen MR) is 160 cm³/mol. The van der Waals surface area contributed by atoms with Gasteiger partial charge in [0.1, 0.15) is 11.6 Å². The first-order chi connectivity index (χ1) is 20.2. The van der Waals surface area contributed by atoms with E-state index in [0.29, 0.717) is 30.0 Å². The summed E-state index contributed by atoms with van der Waals surface area (Å²) in [5, 5.41) is 14.7. The van der Waals surface area contributed by atoms with Gasteiger partial charge in [-0.25, -0.2) is 4.39 Å². The summed E-state index contributed by atoms with van der Waals surface area (Å²) in [5.74, 6) is -0.328. The highest BCUT2D eigenvalue weighted by molar-refractivity contribution is 7.97. The molecule has 4 nitrogen and oxygen atoms in total. The first kappa shape index (κ1) is 32.1. The van der Waals surface area contributed by atoms with Crippen LogP contribution in [-0.4, -0.2) is 29.7 Å². The van der Waals surface area contributed by atoms with Crippen LogP contribution in [0, 0.1) is 5.82 Å². The van der Waals surface area contributed by atoms with E-state index in [0.717, 1.165) is 42.0 Å². The number of nitrogens with zero attached hydrogens (tertiary/aromatic N) is 1. The largest absolute Gasteiger partial charge is 0.493 e. The summed E-state index contributed by atoms with van der Waals surface area (Å²) in [6.07, 6.45) is 4.33. The van der Waals surface area contributed by atoms with Crippen molar-refractivity contribution >= 4 is 23.5 Å². The summed E-state index contributed by atoms with van der Waals surface area (Å²) in [5.41, 5.74) is 1.91. The Morgan fingerprint density at radius 3 is 2.52 bits per heavy atom. The average Bonchev–Trinajstić information content (AvgIpc) is 2.98. The second-order valence-corrected chi connectivity index (χ2v) is 11.1. The third-order valence-corrected chi connectivity index (χ3v) is 8.21. The number of nitrogens with two attached hydrogens (primary N) is 1. The Balaban J connectivity index is 1.56. The lowest BCUT2D eigenvalue weighted by Crippen LogP contribution is -2.31. The first-order valence-corrected chi connectivity index (χ1v) is 14.9. The van der Waals surface area contributed by atoms with Gasteiger partial charge in [0, 0.05) is 42.1 Å². The second-order valence-electron chi connectivity index (χ2n) is 10.0. The van der Waals surface area contributed by atoms with E-state index in [4.69, 9.17) is 21.5 Å². The molecule has 0 bridgehead atoms. The Bertz CT molecular complexity index is 1400. The van der Waals surface area contributed by atoms with Gasteiger partial charge in [-0.15, -0.1) is 0 Å². The molecule has 0 heterocycles. The van der Waals surface area contributed by atoms with Crippen LogP contribution in [0.25, 0.3) is 0 Å². The molecule has 0 saturated carbocycles. The van der Waals surface area contributed by atoms with Crippen LogP contribution in [0.3, 0.4) is 0 Å². The maximum atomic E-state index is 14.4. The SMILES string of the molecule is NSc1cc(OCCCN(Cc2cccc(C(F)(F)F)c2Cl)CC(C2=CCCC=C2)c2ccccc2)cc(F)c1CO. The molecule has 0 aliphatic heterocycles. The van der Waals surface area contributed by atoms with Gasteiger partial charge in [0.15, 0.2) is 0 Å². The molecule has 0 fully saturated rings. The van der Waals surface area contributed by atoms with Crippen molar-refractivity contribution in [3.05, 3.63) is 118 Å². The second kappa shape index (κ2) is 15.1. The lowest BCUT2D eigenvalue weighted by Gasteiger charge is -2.30. The summed E-state index contributed by atoms with van der Waals surface area (Å²) >= 11 is 7.11. The van der Waals surface area contributed by atoms with Crippen molar-refractivity contribution in [1.82, 2.24) is 4.90 Å². The Morgan fingerprint density at radius 1 is 1.07 bits per heavy atom. The number of aliphatic hydroxyl groups is 1. The highest BCUT2D eigenvalue weighted by atomic mass is 35.5. The van der Waals surface area contributed by atoms with E-state index < -0.39 is 24.2 Å². The molecule has 1 unspecified atom stereocenters. The number of benzene rings is 3. The zero-order valence-electron chi connectivity index (χ0n) is 22.9. The van der Waals surface area contributed by atoms with Crippen molar-refractivity contribution < 1.29 is 27.4 Å². The minimum atomic E-state index is -4.56. The van der Waals surface area contributed by atoms with E-state index in [2.05, 4.69) is 35.3 Å². The minimum Gasteiger partial charge on any atom is -0.493 e. The van der Waals surface area contributed by atoms with E-state index in [1.54, 1.807) is 12.1 Å². The summed E-state index contributed by atoms with van der Waals surface area (Å²) in [6.45, 7) is 0.991. The van der Waals surface area contributed by atoms with Gasteiger partial charge < -0.3 is 9.84 Å².